The number of nitrogens with one attached hydrogen (secondary N) is 2. The lowest BCUT2D eigenvalue weighted by Crippen LogP contribution is -2.27. The van der Waals surface area contributed by atoms with Crippen molar-refractivity contribution in [2.24, 2.45) is 5.92 Å². The number of nitrogens with zero attached hydrogens (tertiary/aromatic N) is 2. The molecule has 0 spiro atoms. The van der Waals surface area contributed by atoms with Crippen molar-refractivity contribution in [2.45, 2.75) is 31.1 Å². The van der Waals surface area contributed by atoms with Crippen molar-refractivity contribution >= 4 is 40.4 Å². The first kappa shape index (κ1) is 17.6. The van der Waals surface area contributed by atoms with Crippen molar-refractivity contribution in [3.63, 3.8) is 0 Å². The van der Waals surface area contributed by atoms with Crippen LogP contribution >= 0.6 is 23.5 Å². The third kappa shape index (κ3) is 3.82. The van der Waals surface area contributed by atoms with Crippen molar-refractivity contribution < 1.29 is 4.74 Å². The van der Waals surface area contributed by atoms with Gasteiger partial charge in [-0.05, 0) is 48.9 Å². The van der Waals surface area contributed by atoms with Gasteiger partial charge in [0.15, 0.2) is 0 Å². The van der Waals surface area contributed by atoms with E-state index in [-0.39, 0.29) is 0 Å². The first-order chi connectivity index (χ1) is 12.7. The Morgan fingerprint density at radius 1 is 1.38 bits per heavy atom. The van der Waals surface area contributed by atoms with Crippen LogP contribution in [0, 0.1) is 5.92 Å². The molecule has 3 aromatic rings. The van der Waals surface area contributed by atoms with Gasteiger partial charge in [-0.15, -0.1) is 0 Å². The monoisotopic (exact) mass is 388 g/mol. The Labute approximate surface area is 162 Å². The Balaban J connectivity index is 1.43. The van der Waals surface area contributed by atoms with E-state index in [1.165, 1.54) is 17.5 Å². The van der Waals surface area contributed by atoms with E-state index in [9.17, 15) is 0 Å². The summed E-state index contributed by atoms with van der Waals surface area (Å²) in [4.78, 5) is 13.5. The summed E-state index contributed by atoms with van der Waals surface area (Å²) in [7, 11) is 0. The minimum absolute atomic E-state index is 0.644. The highest BCUT2D eigenvalue weighted by Gasteiger charge is 2.18. The van der Waals surface area contributed by atoms with Crippen LogP contribution in [0.1, 0.15) is 24.6 Å². The second-order valence-electron chi connectivity index (χ2n) is 6.51. The van der Waals surface area contributed by atoms with E-state index in [4.69, 9.17) is 21.3 Å². The Kier molecular flexibility index (Phi) is 5.33. The number of H-pyrrole nitrogens is 1. The smallest absolute Gasteiger partial charge is 0.233 e. The Hall–Kier alpha value is -1.76. The molecule has 0 aliphatic carbocycles. The summed E-state index contributed by atoms with van der Waals surface area (Å²) in [5, 5.41) is 1.85. The zero-order valence-corrected chi connectivity index (χ0v) is 16.2. The summed E-state index contributed by atoms with van der Waals surface area (Å²) in [5.41, 5.74) is 3.39. The van der Waals surface area contributed by atoms with Gasteiger partial charge in [-0.1, -0.05) is 24.6 Å². The fourth-order valence-corrected chi connectivity index (χ4v) is 3.95. The molecule has 26 heavy (non-hydrogen) atoms. The highest BCUT2D eigenvalue weighted by Crippen LogP contribution is 2.30. The second-order valence-corrected chi connectivity index (χ2v) is 7.79. The third-order valence-electron chi connectivity index (χ3n) is 4.68. The van der Waals surface area contributed by atoms with Gasteiger partial charge >= 0.3 is 0 Å². The van der Waals surface area contributed by atoms with E-state index in [1.807, 2.05) is 30.6 Å². The van der Waals surface area contributed by atoms with Crippen LogP contribution in [0.15, 0.2) is 35.5 Å². The Bertz CT molecular complexity index is 910. The molecule has 0 atom stereocenters. The van der Waals surface area contributed by atoms with Gasteiger partial charge in [0.05, 0.1) is 18.1 Å². The van der Waals surface area contributed by atoms with Crippen LogP contribution in [-0.4, -0.2) is 28.2 Å². The zero-order valence-electron chi connectivity index (χ0n) is 14.6. The van der Waals surface area contributed by atoms with E-state index in [0.29, 0.717) is 11.9 Å². The number of benzene rings is 1. The average Bonchev–Trinajstić information content (AvgIpc) is 3.01. The molecule has 2 aromatic heterocycles. The summed E-state index contributed by atoms with van der Waals surface area (Å²) in [6, 6.07) is 5.84. The van der Waals surface area contributed by atoms with Crippen LogP contribution in [0.5, 0.6) is 0 Å². The van der Waals surface area contributed by atoms with Crippen LogP contribution in [-0.2, 0) is 17.6 Å². The number of rotatable bonds is 7. The van der Waals surface area contributed by atoms with Gasteiger partial charge in [-0.3, -0.25) is 4.72 Å². The van der Waals surface area contributed by atoms with Gasteiger partial charge in [0, 0.05) is 39.9 Å². The standard InChI is InChI=1S/C19H21ClN4OS/c1-2-16-13(4-3-12-10-25-11-12)8-22-19(23-16)24-26-18-9-21-17-7-14(20)5-6-15(17)18/h5-9,12,21H,2-4,10-11H2,1H3,(H,22,23,24). The molecule has 4 rings (SSSR count). The number of hydrogen-bond donors (Lipinski definition) is 2. The molecule has 0 unspecified atom stereocenters. The zero-order chi connectivity index (χ0) is 17.9. The number of anilines is 1. The molecule has 0 amide bonds. The van der Waals surface area contributed by atoms with Gasteiger partial charge in [-0.25, -0.2) is 9.97 Å². The minimum Gasteiger partial charge on any atom is -0.381 e. The minimum atomic E-state index is 0.644. The van der Waals surface area contributed by atoms with Gasteiger partial charge in [-0.2, -0.15) is 0 Å². The van der Waals surface area contributed by atoms with E-state index < -0.39 is 0 Å². The number of ether oxygens (including phenoxy) is 1. The Morgan fingerprint density at radius 3 is 3.04 bits per heavy atom. The molecule has 1 aliphatic heterocycles. The SMILES string of the molecule is CCc1nc(NSc2c[nH]c3cc(Cl)ccc23)ncc1CCC1COC1. The van der Waals surface area contributed by atoms with Crippen LogP contribution in [0.4, 0.5) is 5.95 Å². The van der Waals surface area contributed by atoms with Gasteiger partial charge in [0.2, 0.25) is 5.95 Å². The Morgan fingerprint density at radius 2 is 2.27 bits per heavy atom. The first-order valence-corrected chi connectivity index (χ1v) is 10.0. The molecule has 5 nitrogen and oxygen atoms in total. The average molecular weight is 389 g/mol. The maximum atomic E-state index is 6.04. The molecule has 2 N–H and O–H groups in total. The number of halogens is 1. The molecule has 1 fully saturated rings. The summed E-state index contributed by atoms with van der Waals surface area (Å²) >= 11 is 7.54. The molecule has 1 aromatic carbocycles. The van der Waals surface area contributed by atoms with Gasteiger partial charge in [0.1, 0.15) is 0 Å². The third-order valence-corrected chi connectivity index (χ3v) is 5.75. The summed E-state index contributed by atoms with van der Waals surface area (Å²) < 4.78 is 8.51. The summed E-state index contributed by atoms with van der Waals surface area (Å²) in [5.74, 6) is 1.34. The van der Waals surface area contributed by atoms with Crippen molar-refractivity contribution in [3.8, 4) is 0 Å². The molecule has 3 heterocycles. The van der Waals surface area contributed by atoms with E-state index >= 15 is 0 Å². The van der Waals surface area contributed by atoms with E-state index in [2.05, 4.69) is 21.6 Å². The molecular formula is C19H21ClN4OS. The van der Waals surface area contributed by atoms with Crippen LogP contribution in [0.2, 0.25) is 5.02 Å². The predicted octanol–water partition coefficient (Wildman–Crippen LogP) is 4.87. The normalized spacial score (nSPS) is 14.5. The maximum absolute atomic E-state index is 6.04. The first-order valence-electron chi connectivity index (χ1n) is 8.85. The molecule has 136 valence electrons. The molecule has 0 radical (unpaired) electrons. The van der Waals surface area contributed by atoms with E-state index in [1.54, 1.807) is 0 Å². The van der Waals surface area contributed by atoms with E-state index in [0.717, 1.165) is 59.0 Å². The number of fused-ring (bicyclic) bond motifs is 1. The van der Waals surface area contributed by atoms with Crippen LogP contribution < -0.4 is 4.72 Å². The number of aryl methyl sites for hydroxylation is 2. The number of aromatic nitrogens is 3. The van der Waals surface area contributed by atoms with Crippen LogP contribution in [0.25, 0.3) is 10.9 Å². The largest absolute Gasteiger partial charge is 0.381 e. The van der Waals surface area contributed by atoms with Crippen molar-refractivity contribution in [1.29, 1.82) is 0 Å². The highest BCUT2D eigenvalue weighted by atomic mass is 35.5. The lowest BCUT2D eigenvalue weighted by Gasteiger charge is -2.25. The summed E-state index contributed by atoms with van der Waals surface area (Å²) in [6.07, 6.45) is 7.01. The molecule has 1 saturated heterocycles. The molecular weight excluding hydrogens is 368 g/mol. The molecule has 0 bridgehead atoms. The number of hydrogen-bond acceptors (Lipinski definition) is 5. The van der Waals surface area contributed by atoms with Gasteiger partial charge < -0.3 is 9.72 Å². The summed E-state index contributed by atoms with van der Waals surface area (Å²) in [6.45, 7) is 3.93. The molecule has 0 saturated carbocycles. The lowest BCUT2D eigenvalue weighted by atomic mass is 9.98. The van der Waals surface area contributed by atoms with Crippen LogP contribution in [0.3, 0.4) is 0 Å². The lowest BCUT2D eigenvalue weighted by molar-refractivity contribution is -0.0352. The highest BCUT2D eigenvalue weighted by molar-refractivity contribution is 8.00. The fraction of sp³-hybridized carbons (Fsp3) is 0.368. The second kappa shape index (κ2) is 7.86. The topological polar surface area (TPSA) is 62.8 Å². The quantitative estimate of drug-likeness (QED) is 0.565. The van der Waals surface area contributed by atoms with Crippen molar-refractivity contribution in [2.75, 3.05) is 17.9 Å². The maximum Gasteiger partial charge on any atom is 0.233 e. The molecule has 1 aliphatic rings. The van der Waals surface area contributed by atoms with Gasteiger partial charge in [0.25, 0.3) is 0 Å². The van der Waals surface area contributed by atoms with Crippen molar-refractivity contribution in [1.82, 2.24) is 15.0 Å². The van der Waals surface area contributed by atoms with Crippen molar-refractivity contribution in [3.05, 3.63) is 46.9 Å². The number of aromatic amines is 1. The predicted molar refractivity (Wildman–Crippen MR) is 107 cm³/mol. The molecule has 7 heteroatoms. The fourth-order valence-electron chi connectivity index (χ4n) is 3.07.